The van der Waals surface area contributed by atoms with Crippen molar-refractivity contribution < 1.29 is 0 Å². The molecule has 3 heteroatoms. The van der Waals surface area contributed by atoms with Gasteiger partial charge >= 0.3 is 0 Å². The van der Waals surface area contributed by atoms with Gasteiger partial charge in [-0.15, -0.1) is 0 Å². The van der Waals surface area contributed by atoms with Crippen molar-refractivity contribution in [1.29, 1.82) is 0 Å². The van der Waals surface area contributed by atoms with E-state index in [1.807, 2.05) is 24.4 Å². The van der Waals surface area contributed by atoms with E-state index in [2.05, 4.69) is 114 Å². The fourth-order valence-electron chi connectivity index (χ4n) is 6.41. The number of aromatic nitrogens is 3. The first-order chi connectivity index (χ1) is 20.8. The third kappa shape index (κ3) is 3.50. The summed E-state index contributed by atoms with van der Waals surface area (Å²) >= 11 is 0. The Morgan fingerprint density at radius 3 is 1.64 bits per heavy atom. The molecule has 0 N–H and O–H groups in total. The molecule has 9 aromatic rings. The zero-order valence-electron chi connectivity index (χ0n) is 22.6. The SMILES string of the molecule is c1cncc(-c2ccc3ccc4ccc(-c5ccc(-c6ccc7ccc8cccc9ccc6c7c89)cc5)nc4c3n2)c1. The molecule has 0 saturated carbocycles. The predicted molar refractivity (Wildman–Crippen MR) is 175 cm³/mol. The summed E-state index contributed by atoms with van der Waals surface area (Å²) < 4.78 is 0. The summed E-state index contributed by atoms with van der Waals surface area (Å²) in [7, 11) is 0. The monoisotopic (exact) mass is 533 g/mol. The van der Waals surface area contributed by atoms with E-state index in [9.17, 15) is 0 Å². The molecular weight excluding hydrogens is 510 g/mol. The lowest BCUT2D eigenvalue weighted by Gasteiger charge is -2.14. The van der Waals surface area contributed by atoms with Crippen molar-refractivity contribution in [3.05, 3.63) is 140 Å². The van der Waals surface area contributed by atoms with Crippen molar-refractivity contribution in [2.45, 2.75) is 0 Å². The topological polar surface area (TPSA) is 38.7 Å². The zero-order chi connectivity index (χ0) is 27.6. The van der Waals surface area contributed by atoms with E-state index in [4.69, 9.17) is 9.97 Å². The van der Waals surface area contributed by atoms with Crippen molar-refractivity contribution in [3.8, 4) is 33.6 Å². The number of nitrogens with zero attached hydrogens (tertiary/aromatic N) is 3. The van der Waals surface area contributed by atoms with Gasteiger partial charge in [0.1, 0.15) is 0 Å². The first kappa shape index (κ1) is 23.1. The van der Waals surface area contributed by atoms with E-state index >= 15 is 0 Å². The first-order valence-electron chi connectivity index (χ1n) is 14.2. The Kier molecular flexibility index (Phi) is 4.90. The van der Waals surface area contributed by atoms with Gasteiger partial charge < -0.3 is 0 Å². The van der Waals surface area contributed by atoms with Crippen molar-refractivity contribution in [3.63, 3.8) is 0 Å². The van der Waals surface area contributed by atoms with Gasteiger partial charge in [-0.1, -0.05) is 103 Å². The molecule has 0 radical (unpaired) electrons. The predicted octanol–water partition coefficient (Wildman–Crippen LogP) is 10.1. The van der Waals surface area contributed by atoms with E-state index in [0.29, 0.717) is 0 Å². The second kappa shape index (κ2) is 8.92. The van der Waals surface area contributed by atoms with Crippen LogP contribution in [-0.2, 0) is 0 Å². The summed E-state index contributed by atoms with van der Waals surface area (Å²) in [5, 5.41) is 9.98. The maximum absolute atomic E-state index is 5.14. The average molecular weight is 534 g/mol. The average Bonchev–Trinajstić information content (AvgIpc) is 3.07. The number of benzene rings is 6. The van der Waals surface area contributed by atoms with Gasteiger partial charge in [-0.25, -0.2) is 9.97 Å². The fourth-order valence-corrected chi connectivity index (χ4v) is 6.41. The van der Waals surface area contributed by atoms with Crippen LogP contribution in [0.1, 0.15) is 0 Å². The quantitative estimate of drug-likeness (QED) is 0.212. The molecule has 0 spiro atoms. The van der Waals surface area contributed by atoms with Crippen molar-refractivity contribution in [2.24, 2.45) is 0 Å². The second-order valence-corrected chi connectivity index (χ2v) is 10.9. The Hall–Kier alpha value is -5.67. The van der Waals surface area contributed by atoms with Crippen LogP contribution in [0.5, 0.6) is 0 Å². The fraction of sp³-hybridized carbons (Fsp3) is 0. The molecule has 0 fully saturated rings. The molecule has 194 valence electrons. The van der Waals surface area contributed by atoms with Crippen LogP contribution < -0.4 is 0 Å². The molecule has 3 heterocycles. The normalized spacial score (nSPS) is 11.8. The number of rotatable bonds is 3. The highest BCUT2D eigenvalue weighted by Gasteiger charge is 2.13. The molecule has 42 heavy (non-hydrogen) atoms. The van der Waals surface area contributed by atoms with Crippen molar-refractivity contribution >= 4 is 54.1 Å². The van der Waals surface area contributed by atoms with Gasteiger partial charge in [0.25, 0.3) is 0 Å². The molecule has 0 unspecified atom stereocenters. The van der Waals surface area contributed by atoms with Crippen LogP contribution >= 0.6 is 0 Å². The van der Waals surface area contributed by atoms with Crippen LogP contribution in [0.15, 0.2) is 140 Å². The third-order valence-corrected chi connectivity index (χ3v) is 8.50. The standard InChI is InChI=1S/C39H23N3/c1-3-26-10-11-28-14-18-32(33-19-15-27(4-1)36(26)37(28)33)24-6-8-25(9-7-24)34-20-16-29-12-13-30-17-21-35(31-5-2-22-40-23-31)42-39(30)38(29)41-34/h1-23H. The van der Waals surface area contributed by atoms with Crippen LogP contribution in [0, 0.1) is 0 Å². The number of hydrogen-bond acceptors (Lipinski definition) is 3. The second-order valence-electron chi connectivity index (χ2n) is 10.9. The van der Waals surface area contributed by atoms with Crippen molar-refractivity contribution in [1.82, 2.24) is 15.0 Å². The third-order valence-electron chi connectivity index (χ3n) is 8.50. The summed E-state index contributed by atoms with van der Waals surface area (Å²) in [5.74, 6) is 0. The molecule has 0 saturated heterocycles. The van der Waals surface area contributed by atoms with Gasteiger partial charge in [-0.05, 0) is 67.7 Å². The maximum atomic E-state index is 5.14. The number of hydrogen-bond donors (Lipinski definition) is 0. The number of fused-ring (bicyclic) bond motifs is 3. The highest BCUT2D eigenvalue weighted by molar-refractivity contribution is 6.25. The molecule has 0 amide bonds. The molecule has 3 nitrogen and oxygen atoms in total. The van der Waals surface area contributed by atoms with E-state index in [1.54, 1.807) is 6.20 Å². The van der Waals surface area contributed by atoms with Gasteiger partial charge in [0, 0.05) is 34.3 Å². The van der Waals surface area contributed by atoms with Gasteiger partial charge in [-0.2, -0.15) is 0 Å². The van der Waals surface area contributed by atoms with Gasteiger partial charge in [0.15, 0.2) is 0 Å². The lowest BCUT2D eigenvalue weighted by atomic mass is 9.89. The van der Waals surface area contributed by atoms with E-state index in [-0.39, 0.29) is 0 Å². The molecule has 0 aliphatic rings. The summed E-state index contributed by atoms with van der Waals surface area (Å²) in [6.45, 7) is 0. The summed E-state index contributed by atoms with van der Waals surface area (Å²) in [6, 6.07) is 45.5. The lowest BCUT2D eigenvalue weighted by molar-refractivity contribution is 1.30. The highest BCUT2D eigenvalue weighted by atomic mass is 14.8. The molecule has 3 aromatic heterocycles. The minimum absolute atomic E-state index is 0.896. The smallest absolute Gasteiger partial charge is 0.0972 e. The Morgan fingerprint density at radius 2 is 0.952 bits per heavy atom. The van der Waals surface area contributed by atoms with Crippen LogP contribution in [0.4, 0.5) is 0 Å². The Morgan fingerprint density at radius 1 is 0.381 bits per heavy atom. The Bertz CT molecular complexity index is 2430. The molecule has 0 aliphatic carbocycles. The van der Waals surface area contributed by atoms with Gasteiger partial charge in [-0.3, -0.25) is 4.98 Å². The summed E-state index contributed by atoms with van der Waals surface area (Å²) in [4.78, 5) is 14.4. The Balaban J connectivity index is 1.15. The van der Waals surface area contributed by atoms with Crippen LogP contribution in [0.25, 0.3) is 87.8 Å². The van der Waals surface area contributed by atoms with E-state index in [1.165, 1.54) is 43.4 Å². The van der Waals surface area contributed by atoms with E-state index in [0.717, 1.165) is 44.3 Å². The highest BCUT2D eigenvalue weighted by Crippen LogP contribution is 2.39. The van der Waals surface area contributed by atoms with Crippen LogP contribution in [0.2, 0.25) is 0 Å². The van der Waals surface area contributed by atoms with Crippen LogP contribution in [-0.4, -0.2) is 15.0 Å². The van der Waals surface area contributed by atoms with Gasteiger partial charge in [0.05, 0.1) is 22.4 Å². The maximum Gasteiger partial charge on any atom is 0.0972 e. The Labute approximate surface area is 242 Å². The molecule has 0 bridgehead atoms. The van der Waals surface area contributed by atoms with Gasteiger partial charge in [0.2, 0.25) is 0 Å². The molecular formula is C39H23N3. The first-order valence-corrected chi connectivity index (χ1v) is 14.2. The summed E-state index contributed by atoms with van der Waals surface area (Å²) in [6.07, 6.45) is 3.63. The van der Waals surface area contributed by atoms with E-state index < -0.39 is 0 Å². The largest absolute Gasteiger partial charge is 0.264 e. The minimum Gasteiger partial charge on any atom is -0.264 e. The minimum atomic E-state index is 0.896. The molecule has 0 aliphatic heterocycles. The molecule has 9 rings (SSSR count). The molecule has 0 atom stereocenters. The van der Waals surface area contributed by atoms with Crippen LogP contribution in [0.3, 0.4) is 0 Å². The molecule has 6 aromatic carbocycles. The number of pyridine rings is 3. The van der Waals surface area contributed by atoms with Crippen molar-refractivity contribution in [2.75, 3.05) is 0 Å². The summed E-state index contributed by atoms with van der Waals surface area (Å²) in [5.41, 5.74) is 8.17. The lowest BCUT2D eigenvalue weighted by Crippen LogP contribution is -1.91. The zero-order valence-corrected chi connectivity index (χ0v) is 22.6.